The normalized spacial score (nSPS) is 15.9. The fraction of sp³-hybridized carbons (Fsp3) is 0.167. The van der Waals surface area contributed by atoms with Gasteiger partial charge in [0.15, 0.2) is 0 Å². The van der Waals surface area contributed by atoms with Crippen LogP contribution >= 0.6 is 24.0 Å². The minimum atomic E-state index is -0.433. The lowest BCUT2D eigenvalue weighted by atomic mass is 10.1. The standard InChI is InChI=1S/C18H15NO4S2/c1-3-19-16(20)15(25-18(19)24)10-11-8-9-14(23-11)12-6-4-5-7-13(12)17(21)22-2/h4-10H,3H2,1-2H3/b15-10-. The van der Waals surface area contributed by atoms with E-state index in [-0.39, 0.29) is 5.91 Å². The highest BCUT2D eigenvalue weighted by atomic mass is 32.2. The summed E-state index contributed by atoms with van der Waals surface area (Å²) in [4.78, 5) is 26.2. The Kier molecular flexibility index (Phi) is 5.06. The largest absolute Gasteiger partial charge is 0.465 e. The van der Waals surface area contributed by atoms with Gasteiger partial charge in [0.2, 0.25) is 0 Å². The lowest BCUT2D eigenvalue weighted by Crippen LogP contribution is -2.27. The summed E-state index contributed by atoms with van der Waals surface area (Å²) in [6, 6.07) is 10.5. The minimum Gasteiger partial charge on any atom is -0.465 e. The zero-order valence-corrected chi connectivity index (χ0v) is 15.3. The number of thiocarbonyl (C=S) groups is 1. The monoisotopic (exact) mass is 373 g/mol. The van der Waals surface area contributed by atoms with Crippen LogP contribution in [0.4, 0.5) is 0 Å². The maximum atomic E-state index is 12.3. The quantitative estimate of drug-likeness (QED) is 0.459. The Labute approximate surface area is 154 Å². The van der Waals surface area contributed by atoms with Gasteiger partial charge in [-0.2, -0.15) is 0 Å². The third-order valence-corrected chi connectivity index (χ3v) is 5.07. The van der Waals surface area contributed by atoms with Gasteiger partial charge in [-0.25, -0.2) is 4.79 Å². The number of rotatable bonds is 4. The molecule has 1 amide bonds. The number of ether oxygens (including phenoxy) is 1. The van der Waals surface area contributed by atoms with Gasteiger partial charge in [0.1, 0.15) is 15.8 Å². The third-order valence-electron chi connectivity index (χ3n) is 3.69. The van der Waals surface area contributed by atoms with E-state index in [1.807, 2.05) is 13.0 Å². The number of hydrogen-bond acceptors (Lipinski definition) is 6. The maximum Gasteiger partial charge on any atom is 0.338 e. The Balaban J connectivity index is 1.92. The average molecular weight is 373 g/mol. The van der Waals surface area contributed by atoms with Crippen molar-refractivity contribution < 1.29 is 18.7 Å². The van der Waals surface area contributed by atoms with Crippen LogP contribution < -0.4 is 0 Å². The molecule has 1 aromatic carbocycles. The molecule has 0 spiro atoms. The lowest BCUT2D eigenvalue weighted by Gasteiger charge is -2.09. The van der Waals surface area contributed by atoms with Crippen molar-refractivity contribution in [3.63, 3.8) is 0 Å². The van der Waals surface area contributed by atoms with Gasteiger partial charge in [-0.15, -0.1) is 0 Å². The number of thioether (sulfide) groups is 1. The summed E-state index contributed by atoms with van der Waals surface area (Å²) in [7, 11) is 1.34. The Morgan fingerprint density at radius 2 is 2.08 bits per heavy atom. The van der Waals surface area contributed by atoms with E-state index in [1.54, 1.807) is 41.3 Å². The second kappa shape index (κ2) is 7.25. The van der Waals surface area contributed by atoms with E-state index in [4.69, 9.17) is 21.4 Å². The van der Waals surface area contributed by atoms with Crippen LogP contribution in [0.15, 0.2) is 45.7 Å². The van der Waals surface area contributed by atoms with Crippen molar-refractivity contribution >= 4 is 46.3 Å². The van der Waals surface area contributed by atoms with E-state index < -0.39 is 5.97 Å². The van der Waals surface area contributed by atoms with Gasteiger partial charge in [0, 0.05) is 18.2 Å². The van der Waals surface area contributed by atoms with E-state index in [9.17, 15) is 9.59 Å². The van der Waals surface area contributed by atoms with Gasteiger partial charge in [0.25, 0.3) is 5.91 Å². The average Bonchev–Trinajstić information content (AvgIpc) is 3.19. The molecule has 128 valence electrons. The van der Waals surface area contributed by atoms with E-state index in [0.717, 1.165) is 0 Å². The van der Waals surface area contributed by atoms with Crippen LogP contribution in [0.2, 0.25) is 0 Å². The number of methoxy groups -OCH3 is 1. The van der Waals surface area contributed by atoms with Crippen LogP contribution in [-0.2, 0) is 9.53 Å². The van der Waals surface area contributed by atoms with E-state index >= 15 is 0 Å². The molecule has 0 unspecified atom stereocenters. The molecule has 3 rings (SSSR count). The number of carbonyl (C=O) groups excluding carboxylic acids is 2. The molecule has 0 N–H and O–H groups in total. The molecular weight excluding hydrogens is 358 g/mol. The maximum absolute atomic E-state index is 12.3. The van der Waals surface area contributed by atoms with Gasteiger partial charge in [-0.1, -0.05) is 42.2 Å². The van der Waals surface area contributed by atoms with E-state index in [0.29, 0.717) is 38.4 Å². The second-order valence-corrected chi connectivity index (χ2v) is 6.84. The molecule has 2 heterocycles. The molecule has 0 atom stereocenters. The molecule has 2 aromatic rings. The van der Waals surface area contributed by atoms with Gasteiger partial charge in [0.05, 0.1) is 17.6 Å². The van der Waals surface area contributed by atoms with Crippen molar-refractivity contribution in [1.29, 1.82) is 0 Å². The van der Waals surface area contributed by atoms with Crippen LogP contribution in [-0.4, -0.2) is 34.8 Å². The fourth-order valence-electron chi connectivity index (χ4n) is 2.46. The molecule has 0 radical (unpaired) electrons. The number of nitrogens with zero attached hydrogens (tertiary/aromatic N) is 1. The second-order valence-electron chi connectivity index (χ2n) is 5.17. The first-order valence-electron chi connectivity index (χ1n) is 7.58. The summed E-state index contributed by atoms with van der Waals surface area (Å²) in [5.74, 6) is 0.493. The van der Waals surface area contributed by atoms with Crippen molar-refractivity contribution in [3.8, 4) is 11.3 Å². The van der Waals surface area contributed by atoms with Crippen molar-refractivity contribution in [2.45, 2.75) is 6.92 Å². The Hall–Kier alpha value is -2.38. The SMILES string of the molecule is CCN1C(=O)/C(=C/c2ccc(-c3ccccc3C(=O)OC)o2)SC1=S. The van der Waals surface area contributed by atoms with Crippen molar-refractivity contribution in [3.05, 3.63) is 52.6 Å². The highest BCUT2D eigenvalue weighted by molar-refractivity contribution is 8.26. The number of likely N-dealkylation sites (N-methyl/N-ethyl adjacent to an activating group) is 1. The van der Waals surface area contributed by atoms with Crippen molar-refractivity contribution in [2.24, 2.45) is 0 Å². The van der Waals surface area contributed by atoms with E-state index in [1.165, 1.54) is 18.9 Å². The van der Waals surface area contributed by atoms with Crippen LogP contribution in [0, 0.1) is 0 Å². The molecule has 1 aliphatic rings. The summed E-state index contributed by atoms with van der Waals surface area (Å²) in [6.45, 7) is 2.42. The summed E-state index contributed by atoms with van der Waals surface area (Å²) in [5, 5.41) is 0. The molecule has 5 nitrogen and oxygen atoms in total. The smallest absolute Gasteiger partial charge is 0.338 e. The molecule has 1 aliphatic heterocycles. The number of benzene rings is 1. The third kappa shape index (κ3) is 3.38. The highest BCUT2D eigenvalue weighted by Crippen LogP contribution is 2.33. The molecule has 1 fully saturated rings. The molecule has 1 saturated heterocycles. The molecule has 25 heavy (non-hydrogen) atoms. The predicted octanol–water partition coefficient (Wildman–Crippen LogP) is 3.95. The highest BCUT2D eigenvalue weighted by Gasteiger charge is 2.30. The van der Waals surface area contributed by atoms with E-state index in [2.05, 4.69) is 0 Å². The van der Waals surface area contributed by atoms with Gasteiger partial charge in [-0.3, -0.25) is 9.69 Å². The van der Waals surface area contributed by atoms with Gasteiger partial charge >= 0.3 is 5.97 Å². The minimum absolute atomic E-state index is 0.120. The van der Waals surface area contributed by atoms with Crippen molar-refractivity contribution in [2.75, 3.05) is 13.7 Å². The van der Waals surface area contributed by atoms with Gasteiger partial charge < -0.3 is 9.15 Å². The number of hydrogen-bond donors (Lipinski definition) is 0. The van der Waals surface area contributed by atoms with Crippen LogP contribution in [0.1, 0.15) is 23.0 Å². The first-order chi connectivity index (χ1) is 12.0. The zero-order chi connectivity index (χ0) is 18.0. The molecule has 0 aliphatic carbocycles. The zero-order valence-electron chi connectivity index (χ0n) is 13.6. The molecule has 1 aromatic heterocycles. The summed E-state index contributed by atoms with van der Waals surface area (Å²) in [5.41, 5.74) is 1.05. The molecule has 7 heteroatoms. The summed E-state index contributed by atoms with van der Waals surface area (Å²) in [6.07, 6.45) is 1.67. The summed E-state index contributed by atoms with van der Waals surface area (Å²) < 4.78 is 11.2. The number of amides is 1. The number of carbonyl (C=O) groups is 2. The first kappa shape index (κ1) is 17.4. The lowest BCUT2D eigenvalue weighted by molar-refractivity contribution is -0.122. The predicted molar refractivity (Wildman–Crippen MR) is 101 cm³/mol. The summed E-state index contributed by atoms with van der Waals surface area (Å²) >= 11 is 6.45. The van der Waals surface area contributed by atoms with Crippen LogP contribution in [0.3, 0.4) is 0 Å². The first-order valence-corrected chi connectivity index (χ1v) is 8.80. The topological polar surface area (TPSA) is 59.8 Å². The number of furan rings is 1. The van der Waals surface area contributed by atoms with Crippen LogP contribution in [0.5, 0.6) is 0 Å². The Morgan fingerprint density at radius 3 is 2.76 bits per heavy atom. The van der Waals surface area contributed by atoms with Crippen molar-refractivity contribution in [1.82, 2.24) is 4.90 Å². The molecule has 0 bridgehead atoms. The fourth-order valence-corrected chi connectivity index (χ4v) is 3.83. The molecule has 0 saturated carbocycles. The van der Waals surface area contributed by atoms with Gasteiger partial charge in [-0.05, 0) is 25.1 Å². The Morgan fingerprint density at radius 1 is 1.32 bits per heavy atom. The Bertz CT molecular complexity index is 885. The number of esters is 1. The van der Waals surface area contributed by atoms with Crippen LogP contribution in [0.25, 0.3) is 17.4 Å². The molecular formula is C18H15NO4S2.